The van der Waals surface area contributed by atoms with Gasteiger partial charge in [-0.15, -0.1) is 0 Å². The zero-order chi connectivity index (χ0) is 20.9. The number of carbonyl (C=O) groups excluding carboxylic acids is 1. The molecular weight excluding hydrogens is 396 g/mol. The normalized spacial score (nSPS) is 10.8. The number of hydrogen-bond donors (Lipinski definition) is 1. The molecule has 2 aromatic heterocycles. The Labute approximate surface area is 178 Å². The minimum atomic E-state index is -0.187. The van der Waals surface area contributed by atoms with Gasteiger partial charge in [-0.25, -0.2) is 4.98 Å². The number of pyridine rings is 1. The van der Waals surface area contributed by atoms with Crippen molar-refractivity contribution in [3.63, 3.8) is 0 Å². The molecule has 0 fully saturated rings. The number of amides is 1. The van der Waals surface area contributed by atoms with Crippen molar-refractivity contribution in [1.29, 1.82) is 0 Å². The lowest BCUT2D eigenvalue weighted by molar-refractivity contribution is -0.113. The highest BCUT2D eigenvalue weighted by Gasteiger charge is 2.15. The van der Waals surface area contributed by atoms with E-state index in [-0.39, 0.29) is 17.2 Å². The molecule has 150 valence electrons. The van der Waals surface area contributed by atoms with Crippen LogP contribution in [0.3, 0.4) is 0 Å². The van der Waals surface area contributed by atoms with Crippen LogP contribution in [0.25, 0.3) is 16.6 Å². The van der Waals surface area contributed by atoms with Gasteiger partial charge in [0.2, 0.25) is 5.91 Å². The smallest absolute Gasteiger partial charge is 0.266 e. The molecule has 0 atom stereocenters. The maximum atomic E-state index is 13.2. The van der Waals surface area contributed by atoms with Crippen LogP contribution in [0.4, 0.5) is 5.69 Å². The Balaban J connectivity index is 1.65. The lowest BCUT2D eigenvalue weighted by Crippen LogP contribution is -2.23. The minimum Gasteiger partial charge on any atom is -0.325 e. The Morgan fingerprint density at radius 3 is 2.67 bits per heavy atom. The number of aromatic nitrogens is 3. The van der Waals surface area contributed by atoms with E-state index in [1.54, 1.807) is 36.7 Å². The summed E-state index contributed by atoms with van der Waals surface area (Å²) in [6.45, 7) is 2.05. The number of aryl methyl sites for hydroxylation is 1. The molecule has 0 aliphatic heterocycles. The predicted octanol–water partition coefficient (Wildman–Crippen LogP) is 4.07. The van der Waals surface area contributed by atoms with Gasteiger partial charge in [-0.3, -0.25) is 19.1 Å². The molecule has 0 bridgehead atoms. The molecule has 1 amide bonds. The first-order valence-electron chi connectivity index (χ1n) is 9.60. The van der Waals surface area contributed by atoms with Crippen molar-refractivity contribution in [2.24, 2.45) is 0 Å². The SMILES string of the molecule is CCc1ccccc1NC(=O)CSc1nc2ccccc2c(=O)n1-c1cccnc1. The van der Waals surface area contributed by atoms with E-state index in [2.05, 4.69) is 15.3 Å². The van der Waals surface area contributed by atoms with Crippen LogP contribution in [-0.2, 0) is 11.2 Å². The number of carbonyl (C=O) groups is 1. The molecule has 7 heteroatoms. The van der Waals surface area contributed by atoms with Crippen molar-refractivity contribution in [2.75, 3.05) is 11.1 Å². The lowest BCUT2D eigenvalue weighted by atomic mass is 10.1. The molecule has 0 aliphatic carbocycles. The number of anilines is 1. The number of thioether (sulfide) groups is 1. The van der Waals surface area contributed by atoms with E-state index in [1.807, 2.05) is 43.3 Å². The van der Waals surface area contributed by atoms with Gasteiger partial charge < -0.3 is 5.32 Å². The quantitative estimate of drug-likeness (QED) is 0.379. The third-order valence-electron chi connectivity index (χ3n) is 4.65. The minimum absolute atomic E-state index is 0.128. The molecule has 2 heterocycles. The second-order valence-electron chi connectivity index (χ2n) is 6.61. The number of benzene rings is 2. The van der Waals surface area contributed by atoms with Crippen molar-refractivity contribution in [3.05, 3.63) is 89.0 Å². The van der Waals surface area contributed by atoms with Crippen molar-refractivity contribution in [1.82, 2.24) is 14.5 Å². The zero-order valence-corrected chi connectivity index (χ0v) is 17.2. The third kappa shape index (κ3) is 4.11. The summed E-state index contributed by atoms with van der Waals surface area (Å²) in [7, 11) is 0. The van der Waals surface area contributed by atoms with E-state index in [0.717, 1.165) is 17.7 Å². The van der Waals surface area contributed by atoms with E-state index in [4.69, 9.17) is 0 Å². The highest BCUT2D eigenvalue weighted by atomic mass is 32.2. The second-order valence-corrected chi connectivity index (χ2v) is 7.55. The summed E-state index contributed by atoms with van der Waals surface area (Å²) in [5, 5.41) is 3.93. The first kappa shape index (κ1) is 19.8. The number of para-hydroxylation sites is 2. The van der Waals surface area contributed by atoms with E-state index >= 15 is 0 Å². The highest BCUT2D eigenvalue weighted by Crippen LogP contribution is 2.22. The topological polar surface area (TPSA) is 76.9 Å². The van der Waals surface area contributed by atoms with Crippen molar-refractivity contribution in [2.45, 2.75) is 18.5 Å². The Morgan fingerprint density at radius 2 is 1.87 bits per heavy atom. The van der Waals surface area contributed by atoms with Crippen LogP contribution in [0.2, 0.25) is 0 Å². The van der Waals surface area contributed by atoms with Gasteiger partial charge in [0.25, 0.3) is 5.56 Å². The number of nitrogens with zero attached hydrogens (tertiary/aromatic N) is 3. The van der Waals surface area contributed by atoms with Gasteiger partial charge in [0.15, 0.2) is 5.16 Å². The monoisotopic (exact) mass is 416 g/mol. The maximum absolute atomic E-state index is 13.2. The van der Waals surface area contributed by atoms with Crippen LogP contribution >= 0.6 is 11.8 Å². The summed E-state index contributed by atoms with van der Waals surface area (Å²) < 4.78 is 1.51. The number of nitrogens with one attached hydrogen (secondary N) is 1. The van der Waals surface area contributed by atoms with Crippen LogP contribution in [-0.4, -0.2) is 26.2 Å². The summed E-state index contributed by atoms with van der Waals surface area (Å²) in [6, 6.07) is 18.5. The molecule has 0 saturated heterocycles. The van der Waals surface area contributed by atoms with Crippen LogP contribution < -0.4 is 10.9 Å². The van der Waals surface area contributed by atoms with Gasteiger partial charge in [0, 0.05) is 11.9 Å². The van der Waals surface area contributed by atoms with E-state index in [9.17, 15) is 9.59 Å². The molecule has 0 radical (unpaired) electrons. The fourth-order valence-electron chi connectivity index (χ4n) is 3.19. The van der Waals surface area contributed by atoms with E-state index < -0.39 is 0 Å². The van der Waals surface area contributed by atoms with Gasteiger partial charge >= 0.3 is 0 Å². The fraction of sp³-hybridized carbons (Fsp3) is 0.130. The molecule has 6 nitrogen and oxygen atoms in total. The maximum Gasteiger partial charge on any atom is 0.266 e. The molecule has 30 heavy (non-hydrogen) atoms. The Morgan fingerprint density at radius 1 is 1.07 bits per heavy atom. The van der Waals surface area contributed by atoms with Gasteiger partial charge in [-0.2, -0.15) is 0 Å². The van der Waals surface area contributed by atoms with Crippen LogP contribution in [0, 0.1) is 0 Å². The van der Waals surface area contributed by atoms with Gasteiger partial charge in [-0.1, -0.05) is 49.0 Å². The lowest BCUT2D eigenvalue weighted by Gasteiger charge is -2.13. The van der Waals surface area contributed by atoms with Crippen LogP contribution in [0.15, 0.2) is 83.0 Å². The average Bonchev–Trinajstić information content (AvgIpc) is 2.79. The Kier molecular flexibility index (Phi) is 5.90. The van der Waals surface area contributed by atoms with E-state index in [0.29, 0.717) is 21.7 Å². The number of fused-ring (bicyclic) bond motifs is 1. The largest absolute Gasteiger partial charge is 0.325 e. The molecular formula is C23H20N4O2S. The van der Waals surface area contributed by atoms with Crippen LogP contribution in [0.5, 0.6) is 0 Å². The van der Waals surface area contributed by atoms with Gasteiger partial charge in [-0.05, 0) is 42.3 Å². The van der Waals surface area contributed by atoms with Crippen molar-refractivity contribution < 1.29 is 4.79 Å². The summed E-state index contributed by atoms with van der Waals surface area (Å²) in [5.41, 5.74) is 2.91. The highest BCUT2D eigenvalue weighted by molar-refractivity contribution is 7.99. The molecule has 0 unspecified atom stereocenters. The third-order valence-corrected chi connectivity index (χ3v) is 5.59. The predicted molar refractivity (Wildman–Crippen MR) is 120 cm³/mol. The standard InChI is InChI=1S/C23H20N4O2S/c1-2-16-8-3-5-11-19(16)25-21(28)15-30-23-26-20-12-6-4-10-18(20)22(29)27(23)17-9-7-13-24-14-17/h3-14H,2,15H2,1H3,(H,25,28). The van der Waals surface area contributed by atoms with Crippen molar-refractivity contribution >= 4 is 34.3 Å². The number of rotatable bonds is 6. The Hall–Kier alpha value is -3.45. The fourth-order valence-corrected chi connectivity index (χ4v) is 4.00. The molecule has 0 spiro atoms. The van der Waals surface area contributed by atoms with Crippen LogP contribution in [0.1, 0.15) is 12.5 Å². The number of hydrogen-bond acceptors (Lipinski definition) is 5. The molecule has 0 aliphatic rings. The first-order valence-corrected chi connectivity index (χ1v) is 10.6. The van der Waals surface area contributed by atoms with Gasteiger partial charge in [0.05, 0.1) is 28.5 Å². The Bertz CT molecular complexity index is 1260. The first-order chi connectivity index (χ1) is 14.7. The molecule has 0 saturated carbocycles. The second kappa shape index (κ2) is 8.92. The molecule has 4 aromatic rings. The summed E-state index contributed by atoms with van der Waals surface area (Å²) in [6.07, 6.45) is 4.09. The zero-order valence-electron chi connectivity index (χ0n) is 16.4. The van der Waals surface area contributed by atoms with Crippen molar-refractivity contribution in [3.8, 4) is 5.69 Å². The average molecular weight is 417 g/mol. The van der Waals surface area contributed by atoms with Gasteiger partial charge in [0.1, 0.15) is 0 Å². The van der Waals surface area contributed by atoms with E-state index in [1.165, 1.54) is 16.3 Å². The summed E-state index contributed by atoms with van der Waals surface area (Å²) >= 11 is 1.22. The molecule has 4 rings (SSSR count). The summed E-state index contributed by atoms with van der Waals surface area (Å²) in [4.78, 5) is 34.5. The molecule has 1 N–H and O–H groups in total. The molecule has 2 aromatic carbocycles. The summed E-state index contributed by atoms with van der Waals surface area (Å²) in [5.74, 6) is -0.0237.